The lowest BCUT2D eigenvalue weighted by Crippen LogP contribution is -2.18. The molecule has 0 saturated carbocycles. The maximum Gasteiger partial charge on any atom is 0.191 e. The van der Waals surface area contributed by atoms with Crippen LogP contribution < -0.4 is 4.74 Å². The summed E-state index contributed by atoms with van der Waals surface area (Å²) in [5.74, 6) is 1.52. The van der Waals surface area contributed by atoms with E-state index in [9.17, 15) is 0 Å². The van der Waals surface area contributed by atoms with Crippen molar-refractivity contribution in [3.8, 4) is 17.1 Å². The van der Waals surface area contributed by atoms with Crippen LogP contribution in [0.15, 0.2) is 46.9 Å². The fourth-order valence-electron chi connectivity index (χ4n) is 2.55. The third kappa shape index (κ3) is 3.10. The molecule has 0 unspecified atom stereocenters. The molecule has 1 N–H and O–H groups in total. The van der Waals surface area contributed by atoms with Gasteiger partial charge in [-0.2, -0.15) is 0 Å². The highest BCUT2D eigenvalue weighted by atomic mass is 79.9. The van der Waals surface area contributed by atoms with Gasteiger partial charge in [-0.1, -0.05) is 28.1 Å². The van der Waals surface area contributed by atoms with Gasteiger partial charge in [-0.3, -0.25) is 0 Å². The lowest BCUT2D eigenvalue weighted by Gasteiger charge is -2.13. The van der Waals surface area contributed by atoms with Crippen LogP contribution in [0.2, 0.25) is 0 Å². The molecule has 1 fully saturated rings. The van der Waals surface area contributed by atoms with E-state index < -0.39 is 0 Å². The van der Waals surface area contributed by atoms with Crippen molar-refractivity contribution >= 4 is 27.0 Å². The Morgan fingerprint density at radius 1 is 1.17 bits per heavy atom. The molecule has 118 valence electrons. The Labute approximate surface area is 141 Å². The first-order valence-corrected chi connectivity index (χ1v) is 8.19. The van der Waals surface area contributed by atoms with Crippen molar-refractivity contribution in [2.24, 2.45) is 0 Å². The molecule has 3 aromatic rings. The number of benzene rings is 2. The van der Waals surface area contributed by atoms with Crippen LogP contribution in [0, 0.1) is 0 Å². The molecule has 1 saturated heterocycles. The number of para-hydroxylation sites is 2. The first-order valence-electron chi connectivity index (χ1n) is 7.40. The quantitative estimate of drug-likeness (QED) is 0.755. The molecule has 0 radical (unpaired) electrons. The number of nitrogens with zero attached hydrogens (tertiary/aromatic N) is 1. The van der Waals surface area contributed by atoms with Gasteiger partial charge in [0.05, 0.1) is 29.8 Å². The van der Waals surface area contributed by atoms with Gasteiger partial charge in [0.1, 0.15) is 18.2 Å². The van der Waals surface area contributed by atoms with Crippen molar-refractivity contribution in [1.29, 1.82) is 0 Å². The number of fused-ring (bicyclic) bond motifs is 1. The summed E-state index contributed by atoms with van der Waals surface area (Å²) in [5.41, 5.74) is 2.82. The van der Waals surface area contributed by atoms with Crippen LogP contribution in [0.3, 0.4) is 0 Å². The molecule has 1 aliphatic heterocycles. The second-order valence-electron chi connectivity index (χ2n) is 5.23. The Bertz CT molecular complexity index is 795. The smallest absolute Gasteiger partial charge is 0.191 e. The number of hydrogen-bond donors (Lipinski definition) is 1. The molecule has 5 nitrogen and oxygen atoms in total. The van der Waals surface area contributed by atoms with E-state index in [1.54, 1.807) is 0 Å². The van der Waals surface area contributed by atoms with Crippen molar-refractivity contribution in [2.75, 3.05) is 19.8 Å². The molecule has 0 aliphatic carbocycles. The summed E-state index contributed by atoms with van der Waals surface area (Å²) in [6.45, 7) is 1.59. The zero-order valence-electron chi connectivity index (χ0n) is 12.3. The topological polar surface area (TPSA) is 56.4 Å². The van der Waals surface area contributed by atoms with Gasteiger partial charge in [0, 0.05) is 4.47 Å². The number of halogens is 1. The van der Waals surface area contributed by atoms with Gasteiger partial charge >= 0.3 is 0 Å². The van der Waals surface area contributed by atoms with Crippen molar-refractivity contribution in [1.82, 2.24) is 9.97 Å². The summed E-state index contributed by atoms with van der Waals surface area (Å²) in [5, 5.41) is 0. The van der Waals surface area contributed by atoms with Crippen LogP contribution in [0.5, 0.6) is 5.75 Å². The third-order valence-corrected chi connectivity index (χ3v) is 4.15. The average molecular weight is 375 g/mol. The van der Waals surface area contributed by atoms with Crippen molar-refractivity contribution < 1.29 is 14.2 Å². The number of ether oxygens (including phenoxy) is 3. The van der Waals surface area contributed by atoms with E-state index in [1.165, 1.54) is 0 Å². The summed E-state index contributed by atoms with van der Waals surface area (Å²) in [7, 11) is 0. The minimum Gasteiger partial charge on any atom is -0.488 e. The van der Waals surface area contributed by atoms with E-state index in [0.717, 1.165) is 32.6 Å². The Morgan fingerprint density at radius 3 is 2.83 bits per heavy atom. The average Bonchev–Trinajstić information content (AvgIpc) is 3.22. The molecule has 0 atom stereocenters. The Kier molecular flexibility index (Phi) is 4.03. The molecule has 0 bridgehead atoms. The number of aromatic amines is 1. The largest absolute Gasteiger partial charge is 0.488 e. The van der Waals surface area contributed by atoms with Gasteiger partial charge in [-0.05, 0) is 30.3 Å². The highest BCUT2D eigenvalue weighted by Crippen LogP contribution is 2.32. The molecule has 0 amide bonds. The lowest BCUT2D eigenvalue weighted by molar-refractivity contribution is -0.0683. The van der Waals surface area contributed by atoms with E-state index >= 15 is 0 Å². The molecule has 23 heavy (non-hydrogen) atoms. The maximum absolute atomic E-state index is 5.90. The van der Waals surface area contributed by atoms with Gasteiger partial charge in [0.25, 0.3) is 0 Å². The van der Waals surface area contributed by atoms with E-state index in [4.69, 9.17) is 14.2 Å². The minimum atomic E-state index is -0.304. The number of imidazole rings is 1. The SMILES string of the molecule is Brc1ccc(OCC2OCCO2)c(-c2nc3ccccc3[nH]2)c1. The fourth-order valence-corrected chi connectivity index (χ4v) is 2.92. The van der Waals surface area contributed by atoms with Crippen LogP contribution in [-0.2, 0) is 9.47 Å². The summed E-state index contributed by atoms with van der Waals surface area (Å²) < 4.78 is 17.7. The highest BCUT2D eigenvalue weighted by Gasteiger charge is 2.18. The number of rotatable bonds is 4. The van der Waals surface area contributed by atoms with Crippen LogP contribution in [0.1, 0.15) is 0 Å². The van der Waals surface area contributed by atoms with Gasteiger partial charge in [-0.15, -0.1) is 0 Å². The molecular weight excluding hydrogens is 360 g/mol. The molecule has 6 heteroatoms. The maximum atomic E-state index is 5.90. The second-order valence-corrected chi connectivity index (χ2v) is 6.14. The van der Waals surface area contributed by atoms with Gasteiger partial charge in [0.2, 0.25) is 0 Å². The van der Waals surface area contributed by atoms with Crippen LogP contribution in [0.25, 0.3) is 22.4 Å². The van der Waals surface area contributed by atoms with Gasteiger partial charge in [0.15, 0.2) is 6.29 Å². The zero-order chi connectivity index (χ0) is 15.6. The van der Waals surface area contributed by atoms with E-state index in [0.29, 0.717) is 19.8 Å². The molecule has 2 aromatic carbocycles. The van der Waals surface area contributed by atoms with Gasteiger partial charge < -0.3 is 19.2 Å². The zero-order valence-corrected chi connectivity index (χ0v) is 13.9. The van der Waals surface area contributed by atoms with E-state index in [-0.39, 0.29) is 6.29 Å². The van der Waals surface area contributed by atoms with Crippen molar-refractivity contribution in [3.05, 3.63) is 46.9 Å². The van der Waals surface area contributed by atoms with Crippen LogP contribution in [-0.4, -0.2) is 36.1 Å². The monoisotopic (exact) mass is 374 g/mol. The standard InChI is InChI=1S/C17H15BrN2O3/c18-11-5-6-15(23-10-16-21-7-8-22-16)12(9-11)17-19-13-3-1-2-4-14(13)20-17/h1-6,9,16H,7-8,10H2,(H,19,20). The summed E-state index contributed by atoms with van der Waals surface area (Å²) >= 11 is 3.51. The fraction of sp³-hybridized carbons (Fsp3) is 0.235. The molecule has 1 aliphatic rings. The number of hydrogen-bond acceptors (Lipinski definition) is 4. The summed E-state index contributed by atoms with van der Waals surface area (Å²) in [6.07, 6.45) is -0.304. The van der Waals surface area contributed by atoms with E-state index in [2.05, 4.69) is 25.9 Å². The third-order valence-electron chi connectivity index (χ3n) is 3.65. The molecule has 0 spiro atoms. The predicted molar refractivity (Wildman–Crippen MR) is 90.4 cm³/mol. The molecule has 1 aromatic heterocycles. The first kappa shape index (κ1) is 14.7. The second kappa shape index (κ2) is 6.31. The van der Waals surface area contributed by atoms with Crippen LogP contribution >= 0.6 is 15.9 Å². The number of nitrogens with one attached hydrogen (secondary N) is 1. The predicted octanol–water partition coefficient (Wildman–Crippen LogP) is 3.74. The minimum absolute atomic E-state index is 0.304. The molecule has 4 rings (SSSR count). The lowest BCUT2D eigenvalue weighted by atomic mass is 10.2. The first-order chi connectivity index (χ1) is 11.3. The molecular formula is C17H15BrN2O3. The van der Waals surface area contributed by atoms with Crippen molar-refractivity contribution in [2.45, 2.75) is 6.29 Å². The Morgan fingerprint density at radius 2 is 2.00 bits per heavy atom. The summed E-state index contributed by atoms with van der Waals surface area (Å²) in [6, 6.07) is 13.8. The number of H-pyrrole nitrogens is 1. The highest BCUT2D eigenvalue weighted by molar-refractivity contribution is 9.10. The molecule has 2 heterocycles. The van der Waals surface area contributed by atoms with Crippen molar-refractivity contribution in [3.63, 3.8) is 0 Å². The van der Waals surface area contributed by atoms with Crippen LogP contribution in [0.4, 0.5) is 0 Å². The summed E-state index contributed by atoms with van der Waals surface area (Å²) in [4.78, 5) is 7.98. The Hall–Kier alpha value is -1.89. The van der Waals surface area contributed by atoms with E-state index in [1.807, 2.05) is 42.5 Å². The normalized spacial score (nSPS) is 15.3. The number of aromatic nitrogens is 2. The van der Waals surface area contributed by atoms with Gasteiger partial charge in [-0.25, -0.2) is 4.98 Å². The Balaban J connectivity index is 1.66.